The Morgan fingerprint density at radius 1 is 1.19 bits per heavy atom. The maximum Gasteiger partial charge on any atom is 0.327 e. The van der Waals surface area contributed by atoms with E-state index in [0.717, 1.165) is 0 Å². The van der Waals surface area contributed by atoms with Gasteiger partial charge in [-0.1, -0.05) is 37.3 Å². The molecular formula is C15H19NO4S. The molecule has 1 aromatic carbocycles. The lowest BCUT2D eigenvalue weighted by atomic mass is 10.0. The molecule has 5 nitrogen and oxygen atoms in total. The molecule has 0 aliphatic rings. The maximum atomic E-state index is 12.1. The highest BCUT2D eigenvalue weighted by molar-refractivity contribution is 7.99. The summed E-state index contributed by atoms with van der Waals surface area (Å²) in [4.78, 5) is 34.0. The first-order valence-electron chi connectivity index (χ1n) is 6.58. The molecule has 0 aliphatic carbocycles. The molecule has 0 spiro atoms. The Labute approximate surface area is 128 Å². The summed E-state index contributed by atoms with van der Waals surface area (Å²) in [6.07, 6.45) is 0. The molecule has 0 aliphatic heterocycles. The van der Waals surface area contributed by atoms with E-state index in [1.54, 1.807) is 12.1 Å². The van der Waals surface area contributed by atoms with Gasteiger partial charge >= 0.3 is 5.97 Å². The highest BCUT2D eigenvalue weighted by Gasteiger charge is 2.20. The number of hydrogen-bond acceptors (Lipinski definition) is 4. The number of ketones is 1. The summed E-state index contributed by atoms with van der Waals surface area (Å²) in [5.41, 5.74) is 0.655. The number of carboxylic acid groups (broad SMARTS) is 1. The second-order valence-corrected chi connectivity index (χ2v) is 5.84. The molecule has 0 heterocycles. The van der Waals surface area contributed by atoms with Crippen LogP contribution in [0.2, 0.25) is 0 Å². The molecule has 1 aromatic rings. The van der Waals surface area contributed by atoms with Gasteiger partial charge in [0.05, 0.1) is 0 Å². The van der Waals surface area contributed by atoms with Crippen molar-refractivity contribution >= 4 is 29.4 Å². The number of aliphatic carboxylic acids is 1. The number of amides is 1. The second kappa shape index (κ2) is 8.46. The summed E-state index contributed by atoms with van der Waals surface area (Å²) < 4.78 is 0. The van der Waals surface area contributed by atoms with Gasteiger partial charge in [-0.15, -0.1) is 0 Å². The third-order valence-electron chi connectivity index (χ3n) is 2.83. The van der Waals surface area contributed by atoms with Gasteiger partial charge in [0.2, 0.25) is 5.91 Å². The first kappa shape index (κ1) is 17.2. The summed E-state index contributed by atoms with van der Waals surface area (Å²) in [7, 11) is 0. The Kier molecular flexibility index (Phi) is 6.94. The topological polar surface area (TPSA) is 83.5 Å². The van der Waals surface area contributed by atoms with Crippen LogP contribution in [0, 0.1) is 5.92 Å². The van der Waals surface area contributed by atoms with Gasteiger partial charge in [0.15, 0.2) is 5.78 Å². The fraction of sp³-hybridized carbons (Fsp3) is 0.400. The molecule has 2 atom stereocenters. The normalized spacial score (nSPS) is 13.2. The van der Waals surface area contributed by atoms with Crippen molar-refractivity contribution in [3.8, 4) is 0 Å². The summed E-state index contributed by atoms with van der Waals surface area (Å²) in [5.74, 6) is -0.867. The van der Waals surface area contributed by atoms with Crippen LogP contribution in [-0.2, 0) is 9.59 Å². The first-order chi connectivity index (χ1) is 9.91. The van der Waals surface area contributed by atoms with Gasteiger partial charge in [0.25, 0.3) is 0 Å². The van der Waals surface area contributed by atoms with Crippen LogP contribution in [-0.4, -0.2) is 40.3 Å². The Morgan fingerprint density at radius 3 is 2.33 bits per heavy atom. The van der Waals surface area contributed by atoms with Gasteiger partial charge in [0.1, 0.15) is 6.04 Å². The highest BCUT2D eigenvalue weighted by atomic mass is 32.2. The Bertz CT molecular complexity index is 504. The van der Waals surface area contributed by atoms with Gasteiger partial charge in [-0.2, -0.15) is 11.8 Å². The Morgan fingerprint density at radius 2 is 1.81 bits per heavy atom. The second-order valence-electron chi connectivity index (χ2n) is 4.76. The van der Waals surface area contributed by atoms with Crippen LogP contribution >= 0.6 is 11.8 Å². The van der Waals surface area contributed by atoms with Gasteiger partial charge < -0.3 is 10.4 Å². The van der Waals surface area contributed by atoms with Crippen molar-refractivity contribution in [2.75, 3.05) is 11.5 Å². The zero-order valence-corrected chi connectivity index (χ0v) is 12.9. The third kappa shape index (κ3) is 5.99. The van der Waals surface area contributed by atoms with Gasteiger partial charge in [-0.3, -0.25) is 9.59 Å². The van der Waals surface area contributed by atoms with E-state index in [1.807, 2.05) is 25.1 Å². The van der Waals surface area contributed by atoms with Crippen LogP contribution < -0.4 is 5.32 Å². The molecule has 2 N–H and O–H groups in total. The number of carbonyl (C=O) groups excluding carboxylic acids is 2. The average Bonchev–Trinajstić information content (AvgIpc) is 2.45. The van der Waals surface area contributed by atoms with Crippen molar-refractivity contribution in [3.63, 3.8) is 0 Å². The van der Waals surface area contributed by atoms with Crippen LogP contribution in [0.3, 0.4) is 0 Å². The van der Waals surface area contributed by atoms with Crippen molar-refractivity contribution in [1.29, 1.82) is 0 Å². The first-order valence-corrected chi connectivity index (χ1v) is 7.74. The number of thioether (sulfide) groups is 1. The molecule has 0 radical (unpaired) electrons. The van der Waals surface area contributed by atoms with Gasteiger partial charge in [-0.25, -0.2) is 4.79 Å². The smallest absolute Gasteiger partial charge is 0.327 e. The number of nitrogens with one attached hydrogen (secondary N) is 1. The fourth-order valence-electron chi connectivity index (χ4n) is 1.75. The summed E-state index contributed by atoms with van der Waals surface area (Å²) in [6.45, 7) is 3.10. The van der Waals surface area contributed by atoms with E-state index in [-0.39, 0.29) is 23.4 Å². The minimum atomic E-state index is -1.07. The lowest BCUT2D eigenvalue weighted by Gasteiger charge is -2.14. The van der Waals surface area contributed by atoms with Gasteiger partial charge in [-0.05, 0) is 0 Å². The zero-order chi connectivity index (χ0) is 15.8. The van der Waals surface area contributed by atoms with E-state index in [2.05, 4.69) is 5.32 Å². The van der Waals surface area contributed by atoms with E-state index < -0.39 is 12.0 Å². The van der Waals surface area contributed by atoms with E-state index in [4.69, 9.17) is 5.11 Å². The molecule has 21 heavy (non-hydrogen) atoms. The number of carbonyl (C=O) groups is 3. The monoisotopic (exact) mass is 309 g/mol. The van der Waals surface area contributed by atoms with Crippen molar-refractivity contribution in [2.45, 2.75) is 19.9 Å². The SMILES string of the molecule is CC(=O)N[C@@H](CSCC(C)C(=O)c1ccccc1)C(=O)O. The van der Waals surface area contributed by atoms with Crippen LogP contribution in [0.25, 0.3) is 0 Å². The minimum absolute atomic E-state index is 0.0366. The van der Waals surface area contributed by atoms with Gasteiger partial charge in [0, 0.05) is 29.9 Å². The van der Waals surface area contributed by atoms with E-state index in [0.29, 0.717) is 11.3 Å². The molecule has 1 amide bonds. The van der Waals surface area contributed by atoms with Crippen molar-refractivity contribution in [2.24, 2.45) is 5.92 Å². The molecule has 6 heteroatoms. The van der Waals surface area contributed by atoms with Crippen LogP contribution in [0.5, 0.6) is 0 Å². The summed E-state index contributed by atoms with van der Waals surface area (Å²) >= 11 is 1.35. The molecule has 114 valence electrons. The van der Waals surface area contributed by atoms with E-state index in [9.17, 15) is 14.4 Å². The lowest BCUT2D eigenvalue weighted by molar-refractivity contribution is -0.140. The molecule has 0 bridgehead atoms. The number of benzene rings is 1. The predicted molar refractivity (Wildman–Crippen MR) is 82.5 cm³/mol. The largest absolute Gasteiger partial charge is 0.480 e. The lowest BCUT2D eigenvalue weighted by Crippen LogP contribution is -2.41. The summed E-state index contributed by atoms with van der Waals surface area (Å²) in [5, 5.41) is 11.3. The number of rotatable bonds is 8. The fourth-order valence-corrected chi connectivity index (χ4v) is 2.85. The standard InChI is InChI=1S/C15H19NO4S/c1-10(14(18)12-6-4-3-5-7-12)8-21-9-13(15(19)20)16-11(2)17/h3-7,10,13H,8-9H2,1-2H3,(H,16,17)(H,19,20)/t10?,13-/m0/s1. The molecular weight excluding hydrogens is 290 g/mol. The zero-order valence-electron chi connectivity index (χ0n) is 12.0. The summed E-state index contributed by atoms with van der Waals surface area (Å²) in [6, 6.07) is 8.07. The van der Waals surface area contributed by atoms with E-state index >= 15 is 0 Å². The number of Topliss-reactive ketones (excluding diaryl/α,β-unsaturated/α-hetero) is 1. The highest BCUT2D eigenvalue weighted by Crippen LogP contribution is 2.15. The third-order valence-corrected chi connectivity index (χ3v) is 4.14. The maximum absolute atomic E-state index is 12.1. The van der Waals surface area contributed by atoms with Crippen LogP contribution in [0.1, 0.15) is 24.2 Å². The van der Waals surface area contributed by atoms with Crippen LogP contribution in [0.15, 0.2) is 30.3 Å². The van der Waals surface area contributed by atoms with Crippen LogP contribution in [0.4, 0.5) is 0 Å². The van der Waals surface area contributed by atoms with Crippen molar-refractivity contribution < 1.29 is 19.5 Å². The average molecular weight is 309 g/mol. The number of hydrogen-bond donors (Lipinski definition) is 2. The minimum Gasteiger partial charge on any atom is -0.480 e. The predicted octanol–water partition coefficient (Wildman–Crippen LogP) is 1.83. The van der Waals surface area contributed by atoms with Crippen molar-refractivity contribution in [3.05, 3.63) is 35.9 Å². The molecule has 1 rings (SSSR count). The van der Waals surface area contributed by atoms with E-state index in [1.165, 1.54) is 18.7 Å². The Hall–Kier alpha value is -1.82. The molecule has 0 aromatic heterocycles. The quantitative estimate of drug-likeness (QED) is 0.716. The molecule has 0 fully saturated rings. The van der Waals surface area contributed by atoms with Crippen molar-refractivity contribution in [1.82, 2.24) is 5.32 Å². The molecule has 0 saturated carbocycles. The number of carboxylic acids is 1. The molecule has 1 unspecified atom stereocenters. The molecule has 0 saturated heterocycles. The Balaban J connectivity index is 2.45.